The van der Waals surface area contributed by atoms with Crippen molar-refractivity contribution in [1.82, 2.24) is 5.32 Å². The number of benzene rings is 1. The van der Waals surface area contributed by atoms with E-state index in [0.717, 1.165) is 5.56 Å². The molecule has 88 valence electrons. The molecule has 1 rings (SSSR count). The largest absolute Gasteiger partial charge is 0.508 e. The molecule has 0 heterocycles. The summed E-state index contributed by atoms with van der Waals surface area (Å²) in [6.45, 7) is 3.94. The third kappa shape index (κ3) is 3.24. The molecule has 0 amide bonds. The zero-order valence-electron chi connectivity index (χ0n) is 9.47. The molecule has 1 aromatic carbocycles. The highest BCUT2D eigenvalue weighted by Crippen LogP contribution is 2.15. The SMILES string of the molecule is CC(NCc1ccccc1O)C(C)C(=O)O. The Morgan fingerprint density at radius 3 is 2.56 bits per heavy atom. The highest BCUT2D eigenvalue weighted by molar-refractivity contribution is 5.70. The number of rotatable bonds is 5. The van der Waals surface area contributed by atoms with Gasteiger partial charge in [-0.05, 0) is 13.0 Å². The van der Waals surface area contributed by atoms with Crippen LogP contribution in [0.25, 0.3) is 0 Å². The monoisotopic (exact) mass is 223 g/mol. The second-order valence-corrected chi connectivity index (χ2v) is 3.93. The number of carbonyl (C=O) groups is 1. The van der Waals surface area contributed by atoms with Crippen LogP contribution < -0.4 is 5.32 Å². The van der Waals surface area contributed by atoms with Crippen LogP contribution in [0.4, 0.5) is 0 Å². The Kier molecular flexibility index (Phi) is 4.31. The number of aromatic hydroxyl groups is 1. The number of nitrogens with one attached hydrogen (secondary N) is 1. The first kappa shape index (κ1) is 12.5. The number of hydrogen-bond acceptors (Lipinski definition) is 3. The van der Waals surface area contributed by atoms with E-state index >= 15 is 0 Å². The van der Waals surface area contributed by atoms with Crippen LogP contribution in [0, 0.1) is 5.92 Å². The predicted molar refractivity (Wildman–Crippen MR) is 61.2 cm³/mol. The van der Waals surface area contributed by atoms with Crippen molar-refractivity contribution in [3.05, 3.63) is 29.8 Å². The molecule has 4 heteroatoms. The Bertz CT molecular complexity index is 365. The molecule has 0 fully saturated rings. The van der Waals surface area contributed by atoms with Crippen molar-refractivity contribution in [3.8, 4) is 5.75 Å². The second-order valence-electron chi connectivity index (χ2n) is 3.93. The minimum absolute atomic E-state index is 0.142. The molecular weight excluding hydrogens is 206 g/mol. The lowest BCUT2D eigenvalue weighted by Gasteiger charge is -2.18. The number of aliphatic carboxylic acids is 1. The van der Waals surface area contributed by atoms with Crippen LogP contribution in [0.3, 0.4) is 0 Å². The Morgan fingerprint density at radius 1 is 1.38 bits per heavy atom. The summed E-state index contributed by atoms with van der Waals surface area (Å²) in [5.74, 6) is -1.05. The fourth-order valence-corrected chi connectivity index (χ4v) is 1.32. The van der Waals surface area contributed by atoms with Gasteiger partial charge < -0.3 is 15.5 Å². The maximum Gasteiger partial charge on any atom is 0.307 e. The number of phenolic OH excluding ortho intramolecular Hbond substituents is 1. The lowest BCUT2D eigenvalue weighted by atomic mass is 10.0. The van der Waals surface area contributed by atoms with Crippen molar-refractivity contribution in [2.45, 2.75) is 26.4 Å². The van der Waals surface area contributed by atoms with Crippen LogP contribution in [0.2, 0.25) is 0 Å². The molecule has 0 radical (unpaired) electrons. The molecule has 3 N–H and O–H groups in total. The van der Waals surface area contributed by atoms with E-state index in [-0.39, 0.29) is 11.8 Å². The molecule has 0 saturated heterocycles. The Hall–Kier alpha value is -1.55. The van der Waals surface area contributed by atoms with E-state index in [1.165, 1.54) is 0 Å². The van der Waals surface area contributed by atoms with Gasteiger partial charge in [-0.1, -0.05) is 25.1 Å². The molecule has 1 aromatic rings. The molecule has 16 heavy (non-hydrogen) atoms. The van der Waals surface area contributed by atoms with Gasteiger partial charge in [0.25, 0.3) is 0 Å². The Morgan fingerprint density at radius 2 is 2.00 bits per heavy atom. The first-order valence-corrected chi connectivity index (χ1v) is 5.25. The molecule has 0 aliphatic carbocycles. The van der Waals surface area contributed by atoms with Crippen LogP contribution in [0.5, 0.6) is 5.75 Å². The summed E-state index contributed by atoms with van der Waals surface area (Å²) >= 11 is 0. The van der Waals surface area contributed by atoms with E-state index in [4.69, 9.17) is 5.11 Å². The molecule has 0 bridgehead atoms. The predicted octanol–water partition coefficient (Wildman–Crippen LogP) is 1.59. The highest BCUT2D eigenvalue weighted by atomic mass is 16.4. The van der Waals surface area contributed by atoms with Gasteiger partial charge in [0.1, 0.15) is 5.75 Å². The van der Waals surface area contributed by atoms with Crippen molar-refractivity contribution >= 4 is 5.97 Å². The summed E-state index contributed by atoms with van der Waals surface area (Å²) in [4.78, 5) is 10.7. The van der Waals surface area contributed by atoms with Gasteiger partial charge in [0.05, 0.1) is 5.92 Å². The van der Waals surface area contributed by atoms with Gasteiger partial charge in [-0.3, -0.25) is 4.79 Å². The average Bonchev–Trinajstić information content (AvgIpc) is 2.26. The molecule has 2 atom stereocenters. The molecule has 0 aromatic heterocycles. The van der Waals surface area contributed by atoms with Gasteiger partial charge in [0.15, 0.2) is 0 Å². The fourth-order valence-electron chi connectivity index (χ4n) is 1.32. The zero-order chi connectivity index (χ0) is 12.1. The van der Waals surface area contributed by atoms with Crippen LogP contribution >= 0.6 is 0 Å². The van der Waals surface area contributed by atoms with Crippen molar-refractivity contribution in [2.75, 3.05) is 0 Å². The number of para-hydroxylation sites is 1. The van der Waals surface area contributed by atoms with E-state index in [1.54, 1.807) is 25.1 Å². The summed E-state index contributed by atoms with van der Waals surface area (Å²) in [6.07, 6.45) is 0. The van der Waals surface area contributed by atoms with Gasteiger partial charge in [-0.15, -0.1) is 0 Å². The first-order chi connectivity index (χ1) is 7.52. The van der Waals surface area contributed by atoms with Crippen molar-refractivity contribution in [2.24, 2.45) is 5.92 Å². The minimum Gasteiger partial charge on any atom is -0.508 e. The lowest BCUT2D eigenvalue weighted by molar-refractivity contribution is -0.141. The van der Waals surface area contributed by atoms with Gasteiger partial charge in [0, 0.05) is 18.2 Å². The zero-order valence-corrected chi connectivity index (χ0v) is 9.47. The van der Waals surface area contributed by atoms with E-state index in [9.17, 15) is 9.90 Å². The van der Waals surface area contributed by atoms with Crippen molar-refractivity contribution in [3.63, 3.8) is 0 Å². The summed E-state index contributed by atoms with van der Waals surface area (Å²) < 4.78 is 0. The number of phenols is 1. The molecule has 4 nitrogen and oxygen atoms in total. The topological polar surface area (TPSA) is 69.6 Å². The third-order valence-electron chi connectivity index (χ3n) is 2.75. The minimum atomic E-state index is -0.822. The van der Waals surface area contributed by atoms with Crippen molar-refractivity contribution in [1.29, 1.82) is 0 Å². The fraction of sp³-hybridized carbons (Fsp3) is 0.417. The maximum absolute atomic E-state index is 10.7. The Labute approximate surface area is 94.9 Å². The standard InChI is InChI=1S/C12H17NO3/c1-8(12(15)16)9(2)13-7-10-5-3-4-6-11(10)14/h3-6,8-9,13-14H,7H2,1-2H3,(H,15,16). The normalized spacial score (nSPS) is 14.4. The van der Waals surface area contributed by atoms with Crippen LogP contribution in [-0.2, 0) is 11.3 Å². The molecule has 0 aliphatic rings. The summed E-state index contributed by atoms with van der Waals surface area (Å²) in [7, 11) is 0. The Balaban J connectivity index is 2.52. The van der Waals surface area contributed by atoms with E-state index in [0.29, 0.717) is 6.54 Å². The molecule has 2 unspecified atom stereocenters. The smallest absolute Gasteiger partial charge is 0.307 e. The number of carboxylic acid groups (broad SMARTS) is 1. The average molecular weight is 223 g/mol. The molecule has 0 saturated carbocycles. The lowest BCUT2D eigenvalue weighted by Crippen LogP contribution is -2.35. The summed E-state index contributed by atoms with van der Waals surface area (Å²) in [5.41, 5.74) is 0.770. The van der Waals surface area contributed by atoms with Gasteiger partial charge >= 0.3 is 5.97 Å². The first-order valence-electron chi connectivity index (χ1n) is 5.25. The van der Waals surface area contributed by atoms with Gasteiger partial charge in [0.2, 0.25) is 0 Å². The van der Waals surface area contributed by atoms with E-state index < -0.39 is 11.9 Å². The quantitative estimate of drug-likeness (QED) is 0.709. The van der Waals surface area contributed by atoms with Crippen LogP contribution in [0.15, 0.2) is 24.3 Å². The molecular formula is C12H17NO3. The van der Waals surface area contributed by atoms with Crippen molar-refractivity contribution < 1.29 is 15.0 Å². The third-order valence-corrected chi connectivity index (χ3v) is 2.75. The second kappa shape index (κ2) is 5.51. The number of carboxylic acids is 1. The summed E-state index contributed by atoms with van der Waals surface area (Å²) in [5, 5.41) is 21.4. The summed E-state index contributed by atoms with van der Waals surface area (Å²) in [6, 6.07) is 6.87. The van der Waals surface area contributed by atoms with Gasteiger partial charge in [-0.25, -0.2) is 0 Å². The molecule has 0 aliphatic heterocycles. The van der Waals surface area contributed by atoms with E-state index in [2.05, 4.69) is 5.32 Å². The van der Waals surface area contributed by atoms with E-state index in [1.807, 2.05) is 13.0 Å². The molecule has 0 spiro atoms. The maximum atomic E-state index is 10.7. The number of hydrogen-bond donors (Lipinski definition) is 3. The van der Waals surface area contributed by atoms with Gasteiger partial charge in [-0.2, -0.15) is 0 Å². The van der Waals surface area contributed by atoms with Crippen LogP contribution in [-0.4, -0.2) is 22.2 Å². The van der Waals surface area contributed by atoms with Crippen LogP contribution in [0.1, 0.15) is 19.4 Å². The highest BCUT2D eigenvalue weighted by Gasteiger charge is 2.18.